The van der Waals surface area contributed by atoms with Gasteiger partial charge in [-0.2, -0.15) is 0 Å². The predicted molar refractivity (Wildman–Crippen MR) is 80.0 cm³/mol. The minimum absolute atomic E-state index is 0.132. The lowest BCUT2D eigenvalue weighted by Crippen LogP contribution is -2.19. The van der Waals surface area contributed by atoms with Crippen LogP contribution >= 0.6 is 0 Å². The number of alkyl halides is 3. The summed E-state index contributed by atoms with van der Waals surface area (Å²) in [6, 6.07) is 7.96. The van der Waals surface area contributed by atoms with Crippen molar-refractivity contribution in [3.8, 4) is 5.75 Å². The molecule has 0 saturated heterocycles. The average Bonchev–Trinajstić information content (AvgIpc) is 2.92. The molecule has 0 aliphatic heterocycles. The van der Waals surface area contributed by atoms with E-state index >= 15 is 0 Å². The maximum absolute atomic E-state index is 12.5. The lowest BCUT2D eigenvalue weighted by molar-refractivity contribution is -0.274. The highest BCUT2D eigenvalue weighted by molar-refractivity contribution is 7.93. The van der Waals surface area contributed by atoms with Crippen LogP contribution in [-0.4, -0.2) is 24.7 Å². The Morgan fingerprint density at radius 1 is 1.12 bits per heavy atom. The minimum atomic E-state index is -4.94. The normalized spacial score (nSPS) is 12.3. The van der Waals surface area contributed by atoms with Gasteiger partial charge < -0.3 is 9.72 Å². The molecule has 0 aliphatic rings. The summed E-state index contributed by atoms with van der Waals surface area (Å²) in [5.74, 6) is -0.647. The molecule has 2 N–H and O–H groups in total. The second-order valence-electron chi connectivity index (χ2n) is 4.70. The van der Waals surface area contributed by atoms with Crippen molar-refractivity contribution in [3.05, 3.63) is 48.8 Å². The summed E-state index contributed by atoms with van der Waals surface area (Å²) >= 11 is 0. The fourth-order valence-electron chi connectivity index (χ4n) is 2.12. The molecule has 0 bridgehead atoms. The molecule has 24 heavy (non-hydrogen) atoms. The standard InChI is InChI=1S/C14H10F3N3O3S/c15-14(16,17)23-11-6-2-1-5-10(11)20-24(21,22)12-8-19-13-9(12)4-3-7-18-13/h1-8,20H,(H,18,19). The maximum Gasteiger partial charge on any atom is 0.573 e. The highest BCUT2D eigenvalue weighted by atomic mass is 32.2. The Labute approximate surface area is 134 Å². The van der Waals surface area contributed by atoms with E-state index in [0.717, 1.165) is 6.07 Å². The molecule has 3 aromatic rings. The van der Waals surface area contributed by atoms with E-state index in [1.807, 2.05) is 0 Å². The van der Waals surface area contributed by atoms with Crippen molar-refractivity contribution in [2.45, 2.75) is 11.3 Å². The van der Waals surface area contributed by atoms with Gasteiger partial charge in [-0.1, -0.05) is 12.1 Å². The largest absolute Gasteiger partial charge is 0.573 e. The van der Waals surface area contributed by atoms with Gasteiger partial charge in [-0.15, -0.1) is 13.2 Å². The molecule has 2 heterocycles. The van der Waals surface area contributed by atoms with Crippen LogP contribution in [0.5, 0.6) is 5.75 Å². The topological polar surface area (TPSA) is 84.1 Å². The summed E-state index contributed by atoms with van der Waals surface area (Å²) in [5.41, 5.74) is 0.0192. The summed E-state index contributed by atoms with van der Waals surface area (Å²) in [6.07, 6.45) is -2.24. The molecule has 0 amide bonds. The SMILES string of the molecule is O=S(=O)(Nc1ccccc1OC(F)(F)F)c1c[nH]c2ncccc12. The van der Waals surface area contributed by atoms with E-state index in [0.29, 0.717) is 11.0 Å². The molecule has 3 rings (SSSR count). The van der Waals surface area contributed by atoms with Crippen LogP contribution in [0.4, 0.5) is 18.9 Å². The van der Waals surface area contributed by atoms with Gasteiger partial charge in [-0.3, -0.25) is 4.72 Å². The molecule has 0 radical (unpaired) electrons. The van der Waals surface area contributed by atoms with Crippen molar-refractivity contribution < 1.29 is 26.3 Å². The van der Waals surface area contributed by atoms with Crippen molar-refractivity contribution in [2.24, 2.45) is 0 Å². The first-order chi connectivity index (χ1) is 11.3. The first-order valence-electron chi connectivity index (χ1n) is 6.56. The molecule has 0 fully saturated rings. The number of rotatable bonds is 4. The summed E-state index contributed by atoms with van der Waals surface area (Å²) < 4.78 is 68.2. The number of aromatic amines is 1. The molecule has 10 heteroatoms. The smallest absolute Gasteiger partial charge is 0.404 e. The van der Waals surface area contributed by atoms with Crippen LogP contribution in [0.3, 0.4) is 0 Å². The highest BCUT2D eigenvalue weighted by Crippen LogP contribution is 2.32. The third kappa shape index (κ3) is 3.27. The first kappa shape index (κ1) is 16.1. The van der Waals surface area contributed by atoms with E-state index < -0.39 is 22.1 Å². The van der Waals surface area contributed by atoms with Gasteiger partial charge in [-0.25, -0.2) is 13.4 Å². The number of nitrogens with zero attached hydrogens (tertiary/aromatic N) is 1. The quantitative estimate of drug-likeness (QED) is 0.751. The summed E-state index contributed by atoms with van der Waals surface area (Å²) in [5, 5.41) is 0.319. The van der Waals surface area contributed by atoms with Crippen molar-refractivity contribution in [1.29, 1.82) is 0 Å². The van der Waals surface area contributed by atoms with Crippen LogP contribution in [0.1, 0.15) is 0 Å². The highest BCUT2D eigenvalue weighted by Gasteiger charge is 2.32. The van der Waals surface area contributed by atoms with Crippen molar-refractivity contribution in [1.82, 2.24) is 9.97 Å². The van der Waals surface area contributed by atoms with Crippen LogP contribution in [0.2, 0.25) is 0 Å². The zero-order valence-electron chi connectivity index (χ0n) is 11.8. The van der Waals surface area contributed by atoms with Gasteiger partial charge in [0.15, 0.2) is 5.75 Å². The molecular weight excluding hydrogens is 347 g/mol. The molecule has 0 atom stereocenters. The molecule has 2 aromatic heterocycles. The number of benzene rings is 1. The number of halogens is 3. The van der Waals surface area contributed by atoms with Crippen LogP contribution in [0.25, 0.3) is 11.0 Å². The maximum atomic E-state index is 12.5. The van der Waals surface area contributed by atoms with Gasteiger partial charge in [0.1, 0.15) is 10.5 Å². The van der Waals surface area contributed by atoms with Crippen LogP contribution in [-0.2, 0) is 10.0 Å². The van der Waals surface area contributed by atoms with Crippen LogP contribution in [0, 0.1) is 0 Å². The lowest BCUT2D eigenvalue weighted by Gasteiger charge is -2.14. The number of anilines is 1. The molecule has 126 valence electrons. The Kier molecular flexibility index (Phi) is 3.84. The number of nitrogens with one attached hydrogen (secondary N) is 2. The Balaban J connectivity index is 1.99. The Morgan fingerprint density at radius 2 is 1.88 bits per heavy atom. The Bertz CT molecular complexity index is 983. The molecule has 0 unspecified atom stereocenters. The van der Waals surface area contributed by atoms with Crippen molar-refractivity contribution in [3.63, 3.8) is 0 Å². The van der Waals surface area contributed by atoms with E-state index in [2.05, 4.69) is 19.4 Å². The monoisotopic (exact) mass is 357 g/mol. The van der Waals surface area contributed by atoms with E-state index in [1.165, 1.54) is 36.7 Å². The number of fused-ring (bicyclic) bond motifs is 1. The number of aromatic nitrogens is 2. The number of H-pyrrole nitrogens is 1. The van der Waals surface area contributed by atoms with Crippen molar-refractivity contribution in [2.75, 3.05) is 4.72 Å². The van der Waals surface area contributed by atoms with Gasteiger partial charge in [0, 0.05) is 17.8 Å². The van der Waals surface area contributed by atoms with Gasteiger partial charge in [-0.05, 0) is 24.3 Å². The molecule has 0 spiro atoms. The molecule has 1 aromatic carbocycles. The molecule has 6 nitrogen and oxygen atoms in total. The number of pyridine rings is 1. The Morgan fingerprint density at radius 3 is 2.62 bits per heavy atom. The summed E-state index contributed by atoms with van der Waals surface area (Å²) in [7, 11) is -4.14. The molecular formula is C14H10F3N3O3S. The van der Waals surface area contributed by atoms with Gasteiger partial charge in [0.25, 0.3) is 10.0 Å². The number of para-hydroxylation sites is 2. The van der Waals surface area contributed by atoms with Gasteiger partial charge in [0.05, 0.1) is 5.69 Å². The lowest BCUT2D eigenvalue weighted by atomic mass is 10.3. The summed E-state index contributed by atoms with van der Waals surface area (Å²) in [4.78, 5) is 6.53. The minimum Gasteiger partial charge on any atom is -0.404 e. The van der Waals surface area contributed by atoms with Crippen molar-refractivity contribution >= 4 is 26.7 Å². The zero-order valence-corrected chi connectivity index (χ0v) is 12.6. The second-order valence-corrected chi connectivity index (χ2v) is 6.35. The predicted octanol–water partition coefficient (Wildman–Crippen LogP) is 3.26. The van der Waals surface area contributed by atoms with E-state index in [9.17, 15) is 21.6 Å². The number of ether oxygens (including phenoxy) is 1. The number of hydrogen-bond acceptors (Lipinski definition) is 4. The number of sulfonamides is 1. The van der Waals surface area contributed by atoms with Gasteiger partial charge in [0.2, 0.25) is 0 Å². The summed E-state index contributed by atoms with van der Waals surface area (Å²) in [6.45, 7) is 0. The fraction of sp³-hybridized carbons (Fsp3) is 0.0714. The fourth-order valence-corrected chi connectivity index (χ4v) is 3.35. The third-order valence-corrected chi connectivity index (χ3v) is 4.47. The zero-order chi connectivity index (χ0) is 17.4. The molecule has 0 aliphatic carbocycles. The third-order valence-electron chi connectivity index (χ3n) is 3.06. The Hall–Kier alpha value is -2.75. The average molecular weight is 357 g/mol. The van der Waals surface area contributed by atoms with Crippen LogP contribution < -0.4 is 9.46 Å². The van der Waals surface area contributed by atoms with Gasteiger partial charge >= 0.3 is 6.36 Å². The first-order valence-corrected chi connectivity index (χ1v) is 8.04. The van der Waals surface area contributed by atoms with E-state index in [-0.39, 0.29) is 10.6 Å². The number of hydrogen-bond donors (Lipinski definition) is 2. The van der Waals surface area contributed by atoms with E-state index in [4.69, 9.17) is 0 Å². The van der Waals surface area contributed by atoms with Crippen LogP contribution in [0.15, 0.2) is 53.7 Å². The molecule has 0 saturated carbocycles. The van der Waals surface area contributed by atoms with E-state index in [1.54, 1.807) is 6.07 Å². The second kappa shape index (κ2) is 5.71.